The van der Waals surface area contributed by atoms with Crippen molar-refractivity contribution >= 4 is 11.0 Å². The molecule has 1 aliphatic heterocycles. The maximum atomic E-state index is 4.88. The average molecular weight is 277 g/mol. The number of aryl methyl sites for hydroxylation is 1. The van der Waals surface area contributed by atoms with Gasteiger partial charge in [0.1, 0.15) is 5.82 Å². The van der Waals surface area contributed by atoms with Crippen LogP contribution in [0.25, 0.3) is 11.0 Å². The minimum atomic E-state index is 0.864. The quantitative estimate of drug-likeness (QED) is 0.755. The van der Waals surface area contributed by atoms with Gasteiger partial charge >= 0.3 is 0 Å². The van der Waals surface area contributed by atoms with E-state index in [2.05, 4.69) is 52.8 Å². The first-order valence-corrected chi connectivity index (χ1v) is 7.64. The third kappa shape index (κ3) is 2.45. The molecular weight excluding hydrogens is 258 g/mol. The molecule has 106 valence electrons. The molecule has 4 rings (SSSR count). The summed E-state index contributed by atoms with van der Waals surface area (Å²) in [6, 6.07) is 14.9. The Morgan fingerprint density at radius 2 is 1.95 bits per heavy atom. The molecule has 2 heterocycles. The van der Waals surface area contributed by atoms with E-state index in [0.717, 1.165) is 31.8 Å². The van der Waals surface area contributed by atoms with E-state index in [9.17, 15) is 0 Å². The van der Waals surface area contributed by atoms with Crippen molar-refractivity contribution in [3.63, 3.8) is 0 Å². The molecule has 1 aromatic heterocycles. The van der Waals surface area contributed by atoms with E-state index in [1.165, 1.54) is 34.1 Å². The Bertz CT molecular complexity index is 759. The molecule has 0 unspecified atom stereocenters. The summed E-state index contributed by atoms with van der Waals surface area (Å²) in [6.07, 6.45) is 3.17. The van der Waals surface area contributed by atoms with Crippen LogP contribution in [-0.4, -0.2) is 16.5 Å². The summed E-state index contributed by atoms with van der Waals surface area (Å²) in [5.74, 6) is 1.06. The van der Waals surface area contributed by atoms with Crippen LogP contribution in [0.2, 0.25) is 0 Å². The van der Waals surface area contributed by atoms with Crippen molar-refractivity contribution in [2.24, 2.45) is 0 Å². The van der Waals surface area contributed by atoms with E-state index in [-0.39, 0.29) is 0 Å². The molecule has 0 fully saturated rings. The number of rotatable bonds is 2. The van der Waals surface area contributed by atoms with Gasteiger partial charge < -0.3 is 10.3 Å². The number of aromatic nitrogens is 2. The van der Waals surface area contributed by atoms with Gasteiger partial charge in [0.25, 0.3) is 0 Å². The number of hydrogen-bond acceptors (Lipinski definition) is 2. The van der Waals surface area contributed by atoms with Crippen molar-refractivity contribution in [2.75, 3.05) is 6.54 Å². The summed E-state index contributed by atoms with van der Waals surface area (Å²) < 4.78 is 0. The molecule has 0 aliphatic carbocycles. The second-order valence-electron chi connectivity index (χ2n) is 5.73. The summed E-state index contributed by atoms with van der Waals surface area (Å²) in [5, 5.41) is 3.48. The maximum Gasteiger partial charge on any atom is 0.111 e. The molecule has 0 spiro atoms. The first-order valence-electron chi connectivity index (χ1n) is 7.64. The summed E-state index contributed by atoms with van der Waals surface area (Å²) >= 11 is 0. The normalized spacial score (nSPS) is 14.9. The summed E-state index contributed by atoms with van der Waals surface area (Å²) in [7, 11) is 0. The van der Waals surface area contributed by atoms with Gasteiger partial charge in [-0.25, -0.2) is 4.98 Å². The first-order chi connectivity index (χ1) is 10.4. The Morgan fingerprint density at radius 1 is 1.05 bits per heavy atom. The molecule has 1 aliphatic rings. The van der Waals surface area contributed by atoms with Gasteiger partial charge in [-0.1, -0.05) is 36.4 Å². The van der Waals surface area contributed by atoms with Crippen molar-refractivity contribution in [1.82, 2.24) is 15.3 Å². The molecule has 0 amide bonds. The Labute approximate surface area is 124 Å². The highest BCUT2D eigenvalue weighted by molar-refractivity contribution is 5.80. The number of benzene rings is 2. The second-order valence-corrected chi connectivity index (χ2v) is 5.73. The van der Waals surface area contributed by atoms with Gasteiger partial charge in [0.15, 0.2) is 0 Å². The van der Waals surface area contributed by atoms with Gasteiger partial charge in [0, 0.05) is 13.0 Å². The molecule has 2 N–H and O–H groups in total. The minimum absolute atomic E-state index is 0.864. The number of nitrogens with zero attached hydrogens (tertiary/aromatic N) is 1. The third-order valence-corrected chi connectivity index (χ3v) is 4.22. The lowest BCUT2D eigenvalue weighted by Crippen LogP contribution is -2.11. The lowest BCUT2D eigenvalue weighted by atomic mass is 10.0. The van der Waals surface area contributed by atoms with E-state index in [1.807, 2.05) is 0 Å². The second kappa shape index (κ2) is 5.34. The third-order valence-electron chi connectivity index (χ3n) is 4.22. The highest BCUT2D eigenvalue weighted by Gasteiger charge is 2.14. The zero-order valence-corrected chi connectivity index (χ0v) is 12.0. The van der Waals surface area contributed by atoms with Gasteiger partial charge in [0.2, 0.25) is 0 Å². The molecular formula is C18H19N3. The largest absolute Gasteiger partial charge is 0.342 e. The monoisotopic (exact) mass is 277 g/mol. The molecule has 3 nitrogen and oxygen atoms in total. The van der Waals surface area contributed by atoms with Crippen LogP contribution in [0.15, 0.2) is 42.5 Å². The number of fused-ring (bicyclic) bond motifs is 3. The standard InChI is InChI=1S/C18H19N3/c1-2-5-13(6-3-1)11-17-20-16-9-8-14-12-19-10-4-7-15(14)18(16)21-17/h1-3,5-6,8-9,19H,4,7,10-12H2,(H,20,21). The van der Waals surface area contributed by atoms with Gasteiger partial charge in [-0.15, -0.1) is 0 Å². The molecule has 0 atom stereocenters. The van der Waals surface area contributed by atoms with Crippen LogP contribution < -0.4 is 5.32 Å². The predicted octanol–water partition coefficient (Wildman–Crippen LogP) is 3.19. The molecule has 0 saturated carbocycles. The van der Waals surface area contributed by atoms with Crippen LogP contribution in [0.4, 0.5) is 0 Å². The molecule has 21 heavy (non-hydrogen) atoms. The topological polar surface area (TPSA) is 40.7 Å². The highest BCUT2D eigenvalue weighted by atomic mass is 14.9. The number of nitrogens with one attached hydrogen (secondary N) is 2. The Kier molecular flexibility index (Phi) is 3.20. The van der Waals surface area contributed by atoms with E-state index >= 15 is 0 Å². The van der Waals surface area contributed by atoms with Crippen LogP contribution in [0.5, 0.6) is 0 Å². The highest BCUT2D eigenvalue weighted by Crippen LogP contribution is 2.24. The smallest absolute Gasteiger partial charge is 0.111 e. The molecule has 0 bridgehead atoms. The zero-order chi connectivity index (χ0) is 14.1. The van der Waals surface area contributed by atoms with Crippen molar-refractivity contribution in [3.8, 4) is 0 Å². The van der Waals surface area contributed by atoms with Gasteiger partial charge in [-0.05, 0) is 42.1 Å². The van der Waals surface area contributed by atoms with E-state index in [1.54, 1.807) is 0 Å². The number of imidazole rings is 1. The Hall–Kier alpha value is -2.13. The van der Waals surface area contributed by atoms with Crippen LogP contribution >= 0.6 is 0 Å². The fourth-order valence-corrected chi connectivity index (χ4v) is 3.16. The van der Waals surface area contributed by atoms with Crippen molar-refractivity contribution in [2.45, 2.75) is 25.8 Å². The molecule has 3 heteroatoms. The fourth-order valence-electron chi connectivity index (χ4n) is 3.16. The predicted molar refractivity (Wildman–Crippen MR) is 85.4 cm³/mol. The number of hydrogen-bond donors (Lipinski definition) is 2. The van der Waals surface area contributed by atoms with Gasteiger partial charge in [-0.2, -0.15) is 0 Å². The zero-order valence-electron chi connectivity index (χ0n) is 12.0. The van der Waals surface area contributed by atoms with Gasteiger partial charge in [-0.3, -0.25) is 0 Å². The minimum Gasteiger partial charge on any atom is -0.342 e. The lowest BCUT2D eigenvalue weighted by molar-refractivity contribution is 0.681. The molecule has 0 radical (unpaired) electrons. The van der Waals surface area contributed by atoms with Crippen LogP contribution in [0, 0.1) is 0 Å². The lowest BCUT2D eigenvalue weighted by Gasteiger charge is -2.05. The van der Waals surface area contributed by atoms with E-state index in [0.29, 0.717) is 0 Å². The van der Waals surface area contributed by atoms with Crippen LogP contribution in [0.1, 0.15) is 28.9 Å². The average Bonchev–Trinajstić information content (AvgIpc) is 2.77. The van der Waals surface area contributed by atoms with Crippen LogP contribution in [0.3, 0.4) is 0 Å². The summed E-state index contributed by atoms with van der Waals surface area (Å²) in [4.78, 5) is 8.36. The summed E-state index contributed by atoms with van der Waals surface area (Å²) in [5.41, 5.74) is 6.46. The van der Waals surface area contributed by atoms with E-state index in [4.69, 9.17) is 4.98 Å². The van der Waals surface area contributed by atoms with Crippen LogP contribution in [-0.2, 0) is 19.4 Å². The van der Waals surface area contributed by atoms with Gasteiger partial charge in [0.05, 0.1) is 11.0 Å². The molecule has 2 aromatic carbocycles. The van der Waals surface area contributed by atoms with E-state index < -0.39 is 0 Å². The van der Waals surface area contributed by atoms with Crippen molar-refractivity contribution < 1.29 is 0 Å². The number of H-pyrrole nitrogens is 1. The van der Waals surface area contributed by atoms with Crippen molar-refractivity contribution in [1.29, 1.82) is 0 Å². The summed E-state index contributed by atoms with van der Waals surface area (Å²) in [6.45, 7) is 2.06. The molecule has 0 saturated heterocycles. The number of aromatic amines is 1. The Morgan fingerprint density at radius 3 is 2.86 bits per heavy atom. The van der Waals surface area contributed by atoms with Crippen molar-refractivity contribution in [3.05, 3.63) is 65.0 Å². The first kappa shape index (κ1) is 12.6. The molecule has 3 aromatic rings. The fraction of sp³-hybridized carbons (Fsp3) is 0.278. The SMILES string of the molecule is c1ccc(Cc2nc3c4c(ccc3[nH]2)CNCCC4)cc1. The maximum absolute atomic E-state index is 4.88. The Balaban J connectivity index is 1.74.